The van der Waals surface area contributed by atoms with E-state index in [1.54, 1.807) is 25.4 Å². The number of carbonyl (C=O) groups excluding carboxylic acids is 1. The molecule has 0 aliphatic carbocycles. The number of rotatable bonds is 6. The number of benzene rings is 2. The van der Waals surface area contributed by atoms with Crippen LogP contribution >= 0.6 is 11.6 Å². The normalized spacial score (nSPS) is 11.4. The van der Waals surface area contributed by atoms with E-state index in [-0.39, 0.29) is 18.6 Å². The lowest BCUT2D eigenvalue weighted by molar-refractivity contribution is -0.145. The molecular formula is C25H19ClN2O4. The highest BCUT2D eigenvalue weighted by Crippen LogP contribution is 2.35. The molecule has 2 aromatic carbocycles. The van der Waals surface area contributed by atoms with Crippen molar-refractivity contribution in [3.63, 3.8) is 0 Å². The van der Waals surface area contributed by atoms with Crippen molar-refractivity contribution in [2.75, 3.05) is 13.2 Å². The van der Waals surface area contributed by atoms with Gasteiger partial charge in [0.05, 0.1) is 23.0 Å². The van der Waals surface area contributed by atoms with Gasteiger partial charge in [-0.25, -0.2) is 4.79 Å². The van der Waals surface area contributed by atoms with Crippen molar-refractivity contribution in [3.8, 4) is 5.75 Å². The number of esters is 1. The number of aromatic nitrogens is 2. The number of hydrogen-bond donors (Lipinski definition) is 0. The van der Waals surface area contributed by atoms with Crippen molar-refractivity contribution < 1.29 is 14.3 Å². The van der Waals surface area contributed by atoms with Crippen LogP contribution in [-0.2, 0) is 16.0 Å². The lowest BCUT2D eigenvalue weighted by Crippen LogP contribution is -2.15. The molecule has 6 nitrogen and oxygen atoms in total. The lowest BCUT2D eigenvalue weighted by Gasteiger charge is -2.10. The van der Waals surface area contributed by atoms with Crippen LogP contribution in [0.2, 0.25) is 5.02 Å². The van der Waals surface area contributed by atoms with Crippen LogP contribution in [0.15, 0.2) is 65.8 Å². The minimum atomic E-state index is -0.463. The molecule has 3 heterocycles. The first-order valence-corrected chi connectivity index (χ1v) is 10.6. The molecular weight excluding hydrogens is 428 g/mol. The first-order chi connectivity index (χ1) is 15.5. The molecule has 160 valence electrons. The average Bonchev–Trinajstić information content (AvgIpc) is 3.09. The Kier molecular flexibility index (Phi) is 5.15. The standard InChI is InChI=1S/C25H19ClN2O4/c1-2-31-23(29)14-32-18-10-20-19-9-17(26)5-6-22(19)28-13-16(8-15-4-3-7-27-12-15)25(30)21(11-18)24(20)28/h3-7,9-13H,2,8,14H2,1H3. The summed E-state index contributed by atoms with van der Waals surface area (Å²) in [7, 11) is 0. The second-order valence-electron chi connectivity index (χ2n) is 7.51. The van der Waals surface area contributed by atoms with E-state index in [4.69, 9.17) is 21.1 Å². The second-order valence-corrected chi connectivity index (χ2v) is 7.95. The highest BCUT2D eigenvalue weighted by molar-refractivity contribution is 6.32. The molecule has 0 amide bonds. The Morgan fingerprint density at radius 2 is 1.97 bits per heavy atom. The fourth-order valence-electron chi connectivity index (χ4n) is 4.10. The molecule has 0 atom stereocenters. The zero-order chi connectivity index (χ0) is 22.2. The lowest BCUT2D eigenvalue weighted by atomic mass is 10.0. The predicted molar refractivity (Wildman–Crippen MR) is 124 cm³/mol. The van der Waals surface area contributed by atoms with Gasteiger partial charge in [-0.1, -0.05) is 17.7 Å². The number of ether oxygens (including phenoxy) is 2. The smallest absolute Gasteiger partial charge is 0.344 e. The average molecular weight is 447 g/mol. The maximum absolute atomic E-state index is 13.5. The molecule has 7 heteroatoms. The summed E-state index contributed by atoms with van der Waals surface area (Å²) >= 11 is 6.28. The zero-order valence-electron chi connectivity index (χ0n) is 17.3. The number of fused-ring (bicyclic) bond motifs is 3. The summed E-state index contributed by atoms with van der Waals surface area (Å²) in [5.74, 6) is -0.0363. The molecule has 5 rings (SSSR count). The van der Waals surface area contributed by atoms with E-state index >= 15 is 0 Å². The van der Waals surface area contributed by atoms with E-state index in [0.717, 1.165) is 27.4 Å². The van der Waals surface area contributed by atoms with Crippen LogP contribution in [-0.4, -0.2) is 28.6 Å². The third kappa shape index (κ3) is 3.52. The zero-order valence-corrected chi connectivity index (χ0v) is 18.1. The quantitative estimate of drug-likeness (QED) is 0.356. The summed E-state index contributed by atoms with van der Waals surface area (Å²) in [4.78, 5) is 29.4. The van der Waals surface area contributed by atoms with E-state index in [2.05, 4.69) is 4.98 Å². The van der Waals surface area contributed by atoms with Crippen molar-refractivity contribution in [2.45, 2.75) is 13.3 Å². The molecule has 0 saturated heterocycles. The van der Waals surface area contributed by atoms with E-state index in [9.17, 15) is 9.59 Å². The molecule has 0 aliphatic rings. The van der Waals surface area contributed by atoms with Crippen LogP contribution < -0.4 is 10.2 Å². The summed E-state index contributed by atoms with van der Waals surface area (Å²) in [6.45, 7) is 1.78. The highest BCUT2D eigenvalue weighted by atomic mass is 35.5. The molecule has 0 N–H and O–H groups in total. The van der Waals surface area contributed by atoms with Crippen molar-refractivity contribution in [2.24, 2.45) is 0 Å². The van der Waals surface area contributed by atoms with Crippen LogP contribution in [0.4, 0.5) is 0 Å². The van der Waals surface area contributed by atoms with Gasteiger partial charge in [-0.3, -0.25) is 9.78 Å². The third-order valence-corrected chi connectivity index (χ3v) is 5.67. The fourth-order valence-corrected chi connectivity index (χ4v) is 4.27. The van der Waals surface area contributed by atoms with Crippen LogP contribution in [0.5, 0.6) is 5.75 Å². The second kappa shape index (κ2) is 8.13. The van der Waals surface area contributed by atoms with E-state index in [1.807, 2.05) is 47.0 Å². The topological polar surface area (TPSA) is 69.9 Å². The summed E-state index contributed by atoms with van der Waals surface area (Å²) < 4.78 is 12.7. The van der Waals surface area contributed by atoms with Gasteiger partial charge in [-0.05, 0) is 48.9 Å². The van der Waals surface area contributed by atoms with E-state index in [0.29, 0.717) is 28.1 Å². The van der Waals surface area contributed by atoms with Gasteiger partial charge in [0.1, 0.15) is 5.75 Å². The van der Waals surface area contributed by atoms with Gasteiger partial charge in [-0.2, -0.15) is 0 Å². The Morgan fingerprint density at radius 3 is 2.75 bits per heavy atom. The molecule has 0 aliphatic heterocycles. The molecule has 3 aromatic heterocycles. The Bertz CT molecular complexity index is 1510. The minimum Gasteiger partial charge on any atom is -0.482 e. The maximum Gasteiger partial charge on any atom is 0.344 e. The fraction of sp³-hybridized carbons (Fsp3) is 0.160. The summed E-state index contributed by atoms with van der Waals surface area (Å²) in [6, 6.07) is 13.0. The predicted octanol–water partition coefficient (Wildman–Crippen LogP) is 4.62. The Hall–Kier alpha value is -3.64. The van der Waals surface area contributed by atoms with Gasteiger partial charge < -0.3 is 13.9 Å². The van der Waals surface area contributed by atoms with Gasteiger partial charge in [0.25, 0.3) is 0 Å². The Balaban J connectivity index is 1.73. The molecule has 0 unspecified atom stereocenters. The molecule has 32 heavy (non-hydrogen) atoms. The molecule has 5 aromatic rings. The molecule has 0 saturated carbocycles. The number of nitrogens with zero attached hydrogens (tertiary/aromatic N) is 2. The Labute approximate surface area is 188 Å². The number of halogens is 1. The van der Waals surface area contributed by atoms with Crippen LogP contribution in [0, 0.1) is 0 Å². The first kappa shape index (κ1) is 20.3. The van der Waals surface area contributed by atoms with Crippen molar-refractivity contribution in [1.82, 2.24) is 9.38 Å². The number of pyridine rings is 2. The van der Waals surface area contributed by atoms with Gasteiger partial charge in [-0.15, -0.1) is 0 Å². The number of hydrogen-bond acceptors (Lipinski definition) is 5. The monoisotopic (exact) mass is 446 g/mol. The third-order valence-electron chi connectivity index (χ3n) is 5.43. The van der Waals surface area contributed by atoms with Crippen LogP contribution in [0.3, 0.4) is 0 Å². The summed E-state index contributed by atoms with van der Waals surface area (Å²) in [5, 5.41) is 2.86. The van der Waals surface area contributed by atoms with Gasteiger partial charge in [0.2, 0.25) is 0 Å². The van der Waals surface area contributed by atoms with Gasteiger partial charge >= 0.3 is 5.97 Å². The van der Waals surface area contributed by atoms with E-state index in [1.165, 1.54) is 0 Å². The largest absolute Gasteiger partial charge is 0.482 e. The van der Waals surface area contributed by atoms with Crippen molar-refractivity contribution in [3.05, 3.63) is 87.4 Å². The highest BCUT2D eigenvalue weighted by Gasteiger charge is 2.18. The summed E-state index contributed by atoms with van der Waals surface area (Å²) in [6.07, 6.45) is 5.80. The molecule has 0 radical (unpaired) electrons. The van der Waals surface area contributed by atoms with Crippen molar-refractivity contribution in [1.29, 1.82) is 0 Å². The molecule has 0 fully saturated rings. The van der Waals surface area contributed by atoms with Crippen LogP contribution in [0.1, 0.15) is 18.1 Å². The van der Waals surface area contributed by atoms with Crippen LogP contribution in [0.25, 0.3) is 27.2 Å². The SMILES string of the molecule is CCOC(=O)COc1cc2c(=O)c(Cc3cccnc3)cn3c4ccc(Cl)cc4c(c1)c23. The van der Waals surface area contributed by atoms with Gasteiger partial charge in [0.15, 0.2) is 12.0 Å². The maximum atomic E-state index is 13.5. The minimum absolute atomic E-state index is 0.0816. The van der Waals surface area contributed by atoms with Gasteiger partial charge in [0, 0.05) is 46.4 Å². The molecule has 0 bridgehead atoms. The summed E-state index contributed by atoms with van der Waals surface area (Å²) in [5.41, 5.74) is 3.24. The number of carbonyl (C=O) groups is 1. The Morgan fingerprint density at radius 1 is 1.12 bits per heavy atom. The molecule has 0 spiro atoms. The van der Waals surface area contributed by atoms with Crippen molar-refractivity contribution >= 4 is 44.8 Å². The van der Waals surface area contributed by atoms with E-state index < -0.39 is 5.97 Å². The first-order valence-electron chi connectivity index (χ1n) is 10.2.